The van der Waals surface area contributed by atoms with Crippen molar-refractivity contribution < 1.29 is 22.4 Å². The minimum atomic E-state index is -1.59. The monoisotopic (exact) mass is 302 g/mol. The van der Waals surface area contributed by atoms with Gasteiger partial charge in [-0.25, -0.2) is 17.6 Å². The second-order valence-corrected chi connectivity index (χ2v) is 5.57. The molecule has 1 amide bonds. The van der Waals surface area contributed by atoms with Gasteiger partial charge in [-0.3, -0.25) is 4.79 Å². The minimum Gasteiger partial charge on any atom is -0.320 e. The first-order valence-corrected chi connectivity index (χ1v) is 6.86. The molecule has 0 radical (unpaired) electrons. The molecule has 3 unspecified atom stereocenters. The van der Waals surface area contributed by atoms with Gasteiger partial charge >= 0.3 is 0 Å². The highest BCUT2D eigenvalue weighted by Gasteiger charge is 2.42. The molecule has 0 bridgehead atoms. The summed E-state index contributed by atoms with van der Waals surface area (Å²) in [5, 5.41) is 4.99. The van der Waals surface area contributed by atoms with Crippen LogP contribution in [0.1, 0.15) is 19.3 Å². The summed E-state index contributed by atoms with van der Waals surface area (Å²) in [5.41, 5.74) is -1.07. The van der Waals surface area contributed by atoms with Crippen LogP contribution in [0.25, 0.3) is 0 Å². The maximum Gasteiger partial charge on any atom is 0.241 e. The maximum absolute atomic E-state index is 13.5. The number of benzene rings is 1. The zero-order valence-electron chi connectivity index (χ0n) is 11.1. The molecule has 2 fully saturated rings. The fraction of sp³-hybridized carbons (Fsp3) is 0.500. The van der Waals surface area contributed by atoms with Crippen LogP contribution in [0.15, 0.2) is 6.07 Å². The van der Waals surface area contributed by atoms with E-state index in [9.17, 15) is 22.4 Å². The van der Waals surface area contributed by atoms with Crippen molar-refractivity contribution in [3.63, 3.8) is 0 Å². The number of nitrogens with one attached hydrogen (secondary N) is 2. The van der Waals surface area contributed by atoms with Crippen molar-refractivity contribution >= 4 is 11.6 Å². The van der Waals surface area contributed by atoms with Crippen LogP contribution < -0.4 is 10.6 Å². The first-order chi connectivity index (χ1) is 9.99. The smallest absolute Gasteiger partial charge is 0.241 e. The Bertz CT molecular complexity index is 567. The minimum absolute atomic E-state index is 0.106. The van der Waals surface area contributed by atoms with Gasteiger partial charge in [0.2, 0.25) is 5.91 Å². The van der Waals surface area contributed by atoms with Crippen LogP contribution in [0.3, 0.4) is 0 Å². The van der Waals surface area contributed by atoms with Gasteiger partial charge in [0.25, 0.3) is 0 Å². The fourth-order valence-electron chi connectivity index (χ4n) is 3.36. The van der Waals surface area contributed by atoms with Crippen molar-refractivity contribution in [1.29, 1.82) is 0 Å². The molecule has 7 heteroatoms. The second kappa shape index (κ2) is 5.29. The summed E-state index contributed by atoms with van der Waals surface area (Å²) in [6.07, 6.45) is 2.88. The highest BCUT2D eigenvalue weighted by Crippen LogP contribution is 2.38. The third-order valence-corrected chi connectivity index (χ3v) is 4.39. The highest BCUT2D eigenvalue weighted by molar-refractivity contribution is 5.95. The molecule has 3 nitrogen and oxygen atoms in total. The third-order valence-electron chi connectivity index (χ3n) is 4.39. The Hall–Kier alpha value is -1.63. The van der Waals surface area contributed by atoms with E-state index in [1.807, 2.05) is 5.32 Å². The average molecular weight is 302 g/mol. The van der Waals surface area contributed by atoms with Crippen molar-refractivity contribution in [2.24, 2.45) is 11.8 Å². The van der Waals surface area contributed by atoms with Gasteiger partial charge < -0.3 is 10.6 Å². The zero-order chi connectivity index (χ0) is 15.1. The lowest BCUT2D eigenvalue weighted by atomic mass is 9.93. The number of anilines is 1. The van der Waals surface area contributed by atoms with Gasteiger partial charge in [-0.05, 0) is 31.2 Å². The van der Waals surface area contributed by atoms with E-state index in [1.54, 1.807) is 0 Å². The van der Waals surface area contributed by atoms with Crippen molar-refractivity contribution in [1.82, 2.24) is 5.32 Å². The Kier molecular flexibility index (Phi) is 3.61. The Labute approximate surface area is 118 Å². The molecule has 114 valence electrons. The zero-order valence-corrected chi connectivity index (χ0v) is 11.1. The number of fused-ring (bicyclic) bond motifs is 1. The summed E-state index contributed by atoms with van der Waals surface area (Å²) >= 11 is 0. The van der Waals surface area contributed by atoms with E-state index in [-0.39, 0.29) is 12.0 Å². The Morgan fingerprint density at radius 1 is 1.14 bits per heavy atom. The number of carbonyl (C=O) groups is 1. The average Bonchev–Trinajstić information content (AvgIpc) is 3.03. The largest absolute Gasteiger partial charge is 0.320 e. The quantitative estimate of drug-likeness (QED) is 0.651. The van der Waals surface area contributed by atoms with Crippen LogP contribution in [0.4, 0.5) is 23.2 Å². The van der Waals surface area contributed by atoms with E-state index in [0.717, 1.165) is 19.3 Å². The molecule has 2 N–H and O–H groups in total. The van der Waals surface area contributed by atoms with Gasteiger partial charge in [0.15, 0.2) is 23.3 Å². The fourth-order valence-corrected chi connectivity index (χ4v) is 3.36. The van der Waals surface area contributed by atoms with E-state index < -0.39 is 40.9 Å². The van der Waals surface area contributed by atoms with Crippen LogP contribution >= 0.6 is 0 Å². The summed E-state index contributed by atoms with van der Waals surface area (Å²) in [6, 6.07) is -0.469. The summed E-state index contributed by atoms with van der Waals surface area (Å²) in [5.74, 6) is -6.45. The number of hydrogen-bond donors (Lipinski definition) is 2. The Balaban J connectivity index is 1.82. The lowest BCUT2D eigenvalue weighted by Crippen LogP contribution is -2.40. The van der Waals surface area contributed by atoms with Gasteiger partial charge in [-0.2, -0.15) is 0 Å². The topological polar surface area (TPSA) is 41.1 Å². The molecule has 21 heavy (non-hydrogen) atoms. The molecule has 1 aliphatic carbocycles. The van der Waals surface area contributed by atoms with Crippen molar-refractivity contribution in [2.45, 2.75) is 25.3 Å². The molecule has 1 aromatic carbocycles. The molecular weight excluding hydrogens is 288 g/mol. The van der Waals surface area contributed by atoms with Crippen LogP contribution in [-0.2, 0) is 4.79 Å². The molecular formula is C14H14F4N2O. The van der Waals surface area contributed by atoms with Gasteiger partial charge in [0.1, 0.15) is 5.69 Å². The summed E-state index contributed by atoms with van der Waals surface area (Å²) < 4.78 is 53.3. The number of halogens is 4. The Morgan fingerprint density at radius 3 is 2.48 bits per heavy atom. The molecule has 1 saturated heterocycles. The first kappa shape index (κ1) is 14.3. The Morgan fingerprint density at radius 2 is 1.81 bits per heavy atom. The number of rotatable bonds is 2. The maximum atomic E-state index is 13.5. The van der Waals surface area contributed by atoms with Crippen LogP contribution in [0, 0.1) is 35.1 Å². The predicted molar refractivity (Wildman–Crippen MR) is 67.5 cm³/mol. The molecule has 1 saturated carbocycles. The predicted octanol–water partition coefficient (Wildman–Crippen LogP) is 2.57. The molecule has 1 aromatic rings. The van der Waals surface area contributed by atoms with Gasteiger partial charge in [-0.1, -0.05) is 6.42 Å². The van der Waals surface area contributed by atoms with Crippen LogP contribution in [0.5, 0.6) is 0 Å². The second-order valence-electron chi connectivity index (χ2n) is 5.57. The molecule has 0 aromatic heterocycles. The third kappa shape index (κ3) is 2.39. The van der Waals surface area contributed by atoms with E-state index >= 15 is 0 Å². The van der Waals surface area contributed by atoms with Gasteiger partial charge in [0.05, 0.1) is 6.04 Å². The molecule has 1 heterocycles. The number of carbonyl (C=O) groups excluding carboxylic acids is 1. The van der Waals surface area contributed by atoms with Gasteiger partial charge in [-0.15, -0.1) is 0 Å². The first-order valence-electron chi connectivity index (χ1n) is 6.86. The summed E-state index contributed by atoms with van der Waals surface area (Å²) in [7, 11) is 0. The molecule has 2 aliphatic rings. The molecule has 3 rings (SSSR count). The van der Waals surface area contributed by atoms with Crippen molar-refractivity contribution in [2.75, 3.05) is 11.9 Å². The van der Waals surface area contributed by atoms with Crippen molar-refractivity contribution in [3.05, 3.63) is 29.3 Å². The highest BCUT2D eigenvalue weighted by atomic mass is 19.2. The molecule has 3 atom stereocenters. The summed E-state index contributed by atoms with van der Waals surface area (Å²) in [4.78, 5) is 12.1. The van der Waals surface area contributed by atoms with E-state index in [0.29, 0.717) is 12.5 Å². The summed E-state index contributed by atoms with van der Waals surface area (Å²) in [6.45, 7) is 0.672. The molecule has 1 aliphatic heterocycles. The van der Waals surface area contributed by atoms with E-state index in [4.69, 9.17) is 0 Å². The number of hydrogen-bond acceptors (Lipinski definition) is 2. The van der Waals surface area contributed by atoms with Gasteiger partial charge in [0, 0.05) is 6.07 Å². The SMILES string of the molecule is O=C(Nc1c(F)c(F)cc(F)c1F)C1NCC2CCCC21. The number of amides is 1. The van der Waals surface area contributed by atoms with Crippen LogP contribution in [0.2, 0.25) is 0 Å². The van der Waals surface area contributed by atoms with Crippen molar-refractivity contribution in [3.8, 4) is 0 Å². The van der Waals surface area contributed by atoms with E-state index in [2.05, 4.69) is 5.32 Å². The molecule has 0 spiro atoms. The standard InChI is InChI=1S/C14H14F4N2O/c15-8-4-9(16)11(18)13(10(8)17)20-14(21)12-7-3-1-2-6(7)5-19-12/h4,6-7,12,19H,1-3,5H2,(H,20,21). The normalized spacial score (nSPS) is 27.7. The van der Waals surface area contributed by atoms with Crippen LogP contribution in [-0.4, -0.2) is 18.5 Å². The van der Waals surface area contributed by atoms with E-state index in [1.165, 1.54) is 0 Å². The lowest BCUT2D eigenvalue weighted by Gasteiger charge is -2.18. The lowest BCUT2D eigenvalue weighted by molar-refractivity contribution is -0.118.